The van der Waals surface area contributed by atoms with Gasteiger partial charge in [0.2, 0.25) is 10.0 Å². The lowest BCUT2D eigenvalue weighted by Crippen LogP contribution is -2.23. The van der Waals surface area contributed by atoms with Gasteiger partial charge in [-0.3, -0.25) is 4.98 Å². The van der Waals surface area contributed by atoms with Gasteiger partial charge in [-0.1, -0.05) is 6.07 Å². The summed E-state index contributed by atoms with van der Waals surface area (Å²) in [6.45, 7) is 0.273. The van der Waals surface area contributed by atoms with E-state index in [2.05, 4.69) is 25.6 Å². The van der Waals surface area contributed by atoms with E-state index in [0.29, 0.717) is 10.9 Å². The predicted molar refractivity (Wildman–Crippen MR) is 87.8 cm³/mol. The quantitative estimate of drug-likeness (QED) is 0.750. The van der Waals surface area contributed by atoms with Crippen LogP contribution in [0.5, 0.6) is 0 Å². The highest BCUT2D eigenvalue weighted by molar-refractivity contribution is 9.11. The maximum Gasteiger partial charge on any atom is 0.241 e. The van der Waals surface area contributed by atoms with Crippen LogP contribution >= 0.6 is 27.3 Å². The Hall–Kier alpha value is -1.28. The molecular weight excluding hydrogens is 372 g/mol. The highest BCUT2D eigenvalue weighted by atomic mass is 79.9. The zero-order valence-corrected chi connectivity index (χ0v) is 14.0. The SMILES string of the molecule is O=S(=O)(NCc1ccc(Br)s1)c1cccc2ncccc12. The van der Waals surface area contributed by atoms with Crippen molar-refractivity contribution in [1.82, 2.24) is 9.71 Å². The molecule has 0 aliphatic carbocycles. The fraction of sp³-hybridized carbons (Fsp3) is 0.0714. The van der Waals surface area contributed by atoms with Crippen molar-refractivity contribution in [2.24, 2.45) is 0 Å². The summed E-state index contributed by atoms with van der Waals surface area (Å²) in [5.41, 5.74) is 0.666. The number of pyridine rings is 1. The largest absolute Gasteiger partial charge is 0.256 e. The van der Waals surface area contributed by atoms with Crippen molar-refractivity contribution in [3.05, 3.63) is 57.3 Å². The topological polar surface area (TPSA) is 59.1 Å². The van der Waals surface area contributed by atoms with Gasteiger partial charge in [0.25, 0.3) is 0 Å². The second kappa shape index (κ2) is 5.84. The summed E-state index contributed by atoms with van der Waals surface area (Å²) < 4.78 is 28.6. The van der Waals surface area contributed by atoms with Gasteiger partial charge >= 0.3 is 0 Å². The molecule has 0 aliphatic rings. The van der Waals surface area contributed by atoms with Gasteiger partial charge in [0.1, 0.15) is 0 Å². The zero-order valence-electron chi connectivity index (χ0n) is 10.8. The lowest BCUT2D eigenvalue weighted by Gasteiger charge is -2.08. The fourth-order valence-electron chi connectivity index (χ4n) is 2.00. The molecule has 0 aliphatic heterocycles. The second-order valence-electron chi connectivity index (χ2n) is 4.36. The van der Waals surface area contributed by atoms with Crippen molar-refractivity contribution in [1.29, 1.82) is 0 Å². The van der Waals surface area contributed by atoms with Gasteiger partial charge in [-0.2, -0.15) is 0 Å². The van der Waals surface area contributed by atoms with E-state index < -0.39 is 10.0 Å². The minimum Gasteiger partial charge on any atom is -0.256 e. The molecule has 1 N–H and O–H groups in total. The molecule has 3 aromatic rings. The molecule has 4 nitrogen and oxygen atoms in total. The molecule has 0 radical (unpaired) electrons. The summed E-state index contributed by atoms with van der Waals surface area (Å²) >= 11 is 4.87. The van der Waals surface area contributed by atoms with E-state index in [1.807, 2.05) is 12.1 Å². The van der Waals surface area contributed by atoms with Crippen molar-refractivity contribution >= 4 is 48.2 Å². The van der Waals surface area contributed by atoms with Gasteiger partial charge in [-0.15, -0.1) is 11.3 Å². The average molecular weight is 383 g/mol. The molecule has 7 heteroatoms. The van der Waals surface area contributed by atoms with Gasteiger partial charge in [0.15, 0.2) is 0 Å². The molecule has 2 aromatic heterocycles. The smallest absolute Gasteiger partial charge is 0.241 e. The molecule has 0 saturated carbocycles. The molecular formula is C14H11BrN2O2S2. The minimum absolute atomic E-state index is 0.253. The van der Waals surface area contributed by atoms with E-state index in [0.717, 1.165) is 8.66 Å². The van der Waals surface area contributed by atoms with E-state index in [1.165, 1.54) is 11.3 Å². The van der Waals surface area contributed by atoms with E-state index in [1.54, 1.807) is 36.5 Å². The first-order valence-corrected chi connectivity index (χ1v) is 9.23. The Balaban J connectivity index is 1.93. The van der Waals surface area contributed by atoms with Crippen LogP contribution in [0.25, 0.3) is 10.9 Å². The monoisotopic (exact) mass is 382 g/mol. The van der Waals surface area contributed by atoms with E-state index >= 15 is 0 Å². The van der Waals surface area contributed by atoms with E-state index in [-0.39, 0.29) is 11.4 Å². The minimum atomic E-state index is -3.57. The zero-order chi connectivity index (χ0) is 14.9. The van der Waals surface area contributed by atoms with Crippen LogP contribution in [-0.4, -0.2) is 13.4 Å². The standard InChI is InChI=1S/C14H11BrN2O2S2/c15-14-7-6-10(20-14)9-17-21(18,19)13-5-1-4-12-11(13)3-2-8-16-12/h1-8,17H,9H2. The molecule has 108 valence electrons. The third-order valence-electron chi connectivity index (χ3n) is 2.96. The normalized spacial score (nSPS) is 11.9. The highest BCUT2D eigenvalue weighted by Crippen LogP contribution is 2.24. The Labute approximate surface area is 135 Å². The summed E-state index contributed by atoms with van der Waals surface area (Å²) in [6.07, 6.45) is 1.65. The molecule has 2 heterocycles. The number of thiophene rings is 1. The summed E-state index contributed by atoms with van der Waals surface area (Å²) in [6, 6.07) is 12.4. The van der Waals surface area contributed by atoms with Crippen molar-refractivity contribution in [3.63, 3.8) is 0 Å². The number of nitrogens with one attached hydrogen (secondary N) is 1. The third kappa shape index (κ3) is 3.16. The third-order valence-corrected chi connectivity index (χ3v) is 6.04. The van der Waals surface area contributed by atoms with Crippen molar-refractivity contribution in [2.45, 2.75) is 11.4 Å². The first-order chi connectivity index (χ1) is 10.1. The summed E-state index contributed by atoms with van der Waals surface area (Å²) in [5, 5.41) is 0.625. The maximum atomic E-state index is 12.5. The number of nitrogens with zero attached hydrogens (tertiary/aromatic N) is 1. The van der Waals surface area contributed by atoms with Gasteiger partial charge in [0.05, 0.1) is 14.2 Å². The highest BCUT2D eigenvalue weighted by Gasteiger charge is 2.17. The van der Waals surface area contributed by atoms with Crippen LogP contribution in [0.3, 0.4) is 0 Å². The number of hydrogen-bond donors (Lipinski definition) is 1. The van der Waals surface area contributed by atoms with E-state index in [9.17, 15) is 8.42 Å². The number of aromatic nitrogens is 1. The Bertz CT molecular complexity index is 885. The first-order valence-electron chi connectivity index (χ1n) is 6.14. The van der Waals surface area contributed by atoms with Crippen molar-refractivity contribution in [2.75, 3.05) is 0 Å². The number of fused-ring (bicyclic) bond motifs is 1. The number of halogens is 1. The molecule has 0 atom stereocenters. The number of hydrogen-bond acceptors (Lipinski definition) is 4. The summed E-state index contributed by atoms with van der Waals surface area (Å²) in [7, 11) is -3.57. The lowest BCUT2D eigenvalue weighted by atomic mass is 10.2. The lowest BCUT2D eigenvalue weighted by molar-refractivity contribution is 0.582. The average Bonchev–Trinajstić information content (AvgIpc) is 2.90. The number of sulfonamides is 1. The number of rotatable bonds is 4. The summed E-state index contributed by atoms with van der Waals surface area (Å²) in [4.78, 5) is 5.38. The van der Waals surface area contributed by atoms with Gasteiger partial charge in [-0.05, 0) is 52.3 Å². The molecule has 1 aromatic carbocycles. The molecule has 0 spiro atoms. The van der Waals surface area contributed by atoms with Crippen molar-refractivity contribution < 1.29 is 8.42 Å². The van der Waals surface area contributed by atoms with Crippen LogP contribution in [0.1, 0.15) is 4.88 Å². The maximum absolute atomic E-state index is 12.5. The molecule has 0 fully saturated rings. The van der Waals surface area contributed by atoms with Crippen LogP contribution < -0.4 is 4.72 Å². The summed E-state index contributed by atoms with van der Waals surface area (Å²) in [5.74, 6) is 0. The first kappa shape index (κ1) is 14.6. The molecule has 3 rings (SSSR count). The Morgan fingerprint density at radius 2 is 2.00 bits per heavy atom. The van der Waals surface area contributed by atoms with Gasteiger partial charge in [-0.25, -0.2) is 13.1 Å². The Morgan fingerprint density at radius 3 is 2.76 bits per heavy atom. The van der Waals surface area contributed by atoms with Crippen LogP contribution in [0, 0.1) is 0 Å². The molecule has 0 bridgehead atoms. The predicted octanol–water partition coefficient (Wildman–Crippen LogP) is 3.54. The molecule has 21 heavy (non-hydrogen) atoms. The van der Waals surface area contributed by atoms with Crippen LogP contribution in [-0.2, 0) is 16.6 Å². The molecule has 0 unspecified atom stereocenters. The molecule has 0 amide bonds. The fourth-order valence-corrected chi connectivity index (χ4v) is 4.74. The Morgan fingerprint density at radius 1 is 1.14 bits per heavy atom. The number of benzene rings is 1. The van der Waals surface area contributed by atoms with Crippen LogP contribution in [0.2, 0.25) is 0 Å². The van der Waals surface area contributed by atoms with Crippen LogP contribution in [0.4, 0.5) is 0 Å². The second-order valence-corrected chi connectivity index (χ2v) is 8.64. The Kier molecular flexibility index (Phi) is 4.08. The van der Waals surface area contributed by atoms with Crippen molar-refractivity contribution in [3.8, 4) is 0 Å². The molecule has 0 saturated heterocycles. The van der Waals surface area contributed by atoms with Crippen LogP contribution in [0.15, 0.2) is 57.3 Å². The van der Waals surface area contributed by atoms with E-state index in [4.69, 9.17) is 0 Å². The van der Waals surface area contributed by atoms with Gasteiger partial charge < -0.3 is 0 Å². The van der Waals surface area contributed by atoms with Gasteiger partial charge in [0, 0.05) is 23.0 Å².